The number of hydrogen-bond donors (Lipinski definition) is 2. The fourth-order valence-corrected chi connectivity index (χ4v) is 5.92. The van der Waals surface area contributed by atoms with Gasteiger partial charge in [-0.1, -0.05) is 54.6 Å². The molecule has 2 aromatic carbocycles. The number of imidazole rings is 1. The van der Waals surface area contributed by atoms with Crippen LogP contribution in [0, 0.1) is 0 Å². The maximum absolute atomic E-state index is 6.41. The summed E-state index contributed by atoms with van der Waals surface area (Å²) in [6, 6.07) is 25.6. The van der Waals surface area contributed by atoms with E-state index in [9.17, 15) is 0 Å². The number of rotatable bonds is 6. The number of pyridine rings is 1. The first kappa shape index (κ1) is 22.2. The van der Waals surface area contributed by atoms with Gasteiger partial charge >= 0.3 is 0 Å². The van der Waals surface area contributed by atoms with E-state index >= 15 is 0 Å². The van der Waals surface area contributed by atoms with E-state index in [1.165, 1.54) is 4.88 Å². The van der Waals surface area contributed by atoms with Crippen LogP contribution in [0.25, 0.3) is 38.9 Å². The van der Waals surface area contributed by atoms with Gasteiger partial charge in [-0.25, -0.2) is 15.0 Å². The number of hydrogen-bond acceptors (Lipinski definition) is 6. The number of anilines is 1. The van der Waals surface area contributed by atoms with E-state index in [2.05, 4.69) is 74.7 Å². The number of nitrogens with two attached hydrogens (primary N) is 1. The topological polar surface area (TPSA) is 81.1 Å². The molecule has 6 aromatic rings. The number of fused-ring (bicyclic) bond motifs is 2. The second-order valence-corrected chi connectivity index (χ2v) is 10.7. The average Bonchev–Trinajstić information content (AvgIpc) is 3.57. The third-order valence-electron chi connectivity index (χ3n) is 7.29. The molecule has 1 aliphatic carbocycles. The van der Waals surface area contributed by atoms with E-state index in [-0.39, 0.29) is 0 Å². The largest absolute Gasteiger partial charge is 0.382 e. The molecule has 182 valence electrons. The highest BCUT2D eigenvalue weighted by molar-refractivity contribution is 7.09. The van der Waals surface area contributed by atoms with Crippen LogP contribution in [0.1, 0.15) is 29.5 Å². The SMILES string of the molecule is Nc1nccn2c(C3CC(NCc4cccs4)C3)nc(-c3ccc4ccc(-c5ccccc5)nc4c3)c12. The van der Waals surface area contributed by atoms with E-state index < -0.39 is 0 Å². The average molecular weight is 503 g/mol. The molecule has 1 fully saturated rings. The van der Waals surface area contributed by atoms with Crippen LogP contribution in [-0.4, -0.2) is 25.4 Å². The van der Waals surface area contributed by atoms with Gasteiger partial charge in [0, 0.05) is 52.3 Å². The lowest BCUT2D eigenvalue weighted by Gasteiger charge is -2.35. The van der Waals surface area contributed by atoms with Crippen molar-refractivity contribution in [1.29, 1.82) is 0 Å². The first-order valence-corrected chi connectivity index (χ1v) is 13.5. The van der Waals surface area contributed by atoms with Crippen LogP contribution in [0.15, 0.2) is 90.6 Å². The van der Waals surface area contributed by atoms with E-state index in [4.69, 9.17) is 15.7 Å². The van der Waals surface area contributed by atoms with Crippen molar-refractivity contribution >= 4 is 33.6 Å². The molecule has 0 radical (unpaired) electrons. The van der Waals surface area contributed by atoms with Crippen LogP contribution >= 0.6 is 11.3 Å². The number of nitrogens with one attached hydrogen (secondary N) is 1. The van der Waals surface area contributed by atoms with Crippen LogP contribution in [0.4, 0.5) is 5.82 Å². The molecule has 0 saturated heterocycles. The molecule has 3 N–H and O–H groups in total. The van der Waals surface area contributed by atoms with Gasteiger partial charge in [0.15, 0.2) is 0 Å². The summed E-state index contributed by atoms with van der Waals surface area (Å²) in [6.07, 6.45) is 5.87. The van der Waals surface area contributed by atoms with Crippen molar-refractivity contribution in [2.45, 2.75) is 31.3 Å². The fourth-order valence-electron chi connectivity index (χ4n) is 5.26. The normalized spacial score (nSPS) is 17.3. The molecular weight excluding hydrogens is 476 g/mol. The van der Waals surface area contributed by atoms with Crippen LogP contribution in [0.2, 0.25) is 0 Å². The van der Waals surface area contributed by atoms with E-state index in [1.807, 2.05) is 24.4 Å². The number of aromatic nitrogens is 4. The smallest absolute Gasteiger partial charge is 0.150 e. The predicted octanol–water partition coefficient (Wildman–Crippen LogP) is 6.29. The van der Waals surface area contributed by atoms with Gasteiger partial charge in [-0.3, -0.25) is 4.40 Å². The second kappa shape index (κ2) is 9.10. The lowest BCUT2D eigenvalue weighted by Crippen LogP contribution is -2.40. The summed E-state index contributed by atoms with van der Waals surface area (Å²) in [7, 11) is 0. The molecule has 4 heterocycles. The highest BCUT2D eigenvalue weighted by atomic mass is 32.1. The monoisotopic (exact) mass is 502 g/mol. The minimum atomic E-state index is 0.382. The van der Waals surface area contributed by atoms with Crippen LogP contribution < -0.4 is 11.1 Å². The van der Waals surface area contributed by atoms with E-state index in [0.29, 0.717) is 17.8 Å². The Hall–Kier alpha value is -4.07. The minimum absolute atomic E-state index is 0.382. The van der Waals surface area contributed by atoms with E-state index in [1.54, 1.807) is 17.5 Å². The summed E-state index contributed by atoms with van der Waals surface area (Å²) < 4.78 is 2.13. The van der Waals surface area contributed by atoms with Gasteiger partial charge in [-0.05, 0) is 36.4 Å². The van der Waals surface area contributed by atoms with Crippen LogP contribution in [-0.2, 0) is 6.54 Å². The van der Waals surface area contributed by atoms with Gasteiger partial charge in [0.2, 0.25) is 0 Å². The Kier molecular flexibility index (Phi) is 5.45. The third-order valence-corrected chi connectivity index (χ3v) is 8.17. The van der Waals surface area contributed by atoms with Crippen molar-refractivity contribution in [2.75, 3.05) is 5.73 Å². The maximum Gasteiger partial charge on any atom is 0.150 e. The highest BCUT2D eigenvalue weighted by Crippen LogP contribution is 2.40. The first-order valence-electron chi connectivity index (χ1n) is 12.6. The Labute approximate surface area is 218 Å². The zero-order chi connectivity index (χ0) is 24.8. The molecule has 1 saturated carbocycles. The van der Waals surface area contributed by atoms with Crippen molar-refractivity contribution in [3.05, 3.63) is 101 Å². The van der Waals surface area contributed by atoms with E-state index in [0.717, 1.165) is 64.1 Å². The van der Waals surface area contributed by atoms with Gasteiger partial charge in [0.25, 0.3) is 0 Å². The summed E-state index contributed by atoms with van der Waals surface area (Å²) in [5.74, 6) is 1.93. The second-order valence-electron chi connectivity index (χ2n) is 9.65. The van der Waals surface area contributed by atoms with Gasteiger partial charge in [0.1, 0.15) is 22.9 Å². The molecule has 0 atom stereocenters. The Bertz CT molecular complexity index is 1700. The summed E-state index contributed by atoms with van der Waals surface area (Å²) in [6.45, 7) is 0.925. The lowest BCUT2D eigenvalue weighted by molar-refractivity contribution is 0.280. The van der Waals surface area contributed by atoms with Gasteiger partial charge < -0.3 is 11.1 Å². The number of thiophene rings is 1. The molecule has 0 bridgehead atoms. The molecule has 7 rings (SSSR count). The molecular formula is C30H26N6S. The zero-order valence-electron chi connectivity index (χ0n) is 20.2. The molecule has 4 aromatic heterocycles. The van der Waals surface area contributed by atoms with Crippen molar-refractivity contribution < 1.29 is 0 Å². The molecule has 6 nitrogen and oxygen atoms in total. The Balaban J connectivity index is 1.22. The Morgan fingerprint density at radius 2 is 1.81 bits per heavy atom. The number of nitrogens with zero attached hydrogens (tertiary/aromatic N) is 4. The molecule has 37 heavy (non-hydrogen) atoms. The summed E-state index contributed by atoms with van der Waals surface area (Å²) >= 11 is 1.80. The molecule has 0 amide bonds. The minimum Gasteiger partial charge on any atom is -0.382 e. The molecule has 0 spiro atoms. The van der Waals surface area contributed by atoms with Gasteiger partial charge in [-0.2, -0.15) is 0 Å². The summed E-state index contributed by atoms with van der Waals surface area (Å²) in [5.41, 5.74) is 12.1. The van der Waals surface area contributed by atoms with Crippen molar-refractivity contribution in [3.63, 3.8) is 0 Å². The first-order chi connectivity index (χ1) is 18.2. The van der Waals surface area contributed by atoms with Crippen LogP contribution in [0.5, 0.6) is 0 Å². The van der Waals surface area contributed by atoms with Crippen molar-refractivity contribution in [3.8, 4) is 22.5 Å². The number of benzene rings is 2. The molecule has 0 aliphatic heterocycles. The lowest BCUT2D eigenvalue weighted by atomic mass is 9.79. The summed E-state index contributed by atoms with van der Waals surface area (Å²) in [4.78, 5) is 15.9. The number of nitrogen functional groups attached to an aromatic ring is 1. The van der Waals surface area contributed by atoms with Crippen molar-refractivity contribution in [1.82, 2.24) is 24.7 Å². The molecule has 0 unspecified atom stereocenters. The highest BCUT2D eigenvalue weighted by Gasteiger charge is 2.34. The van der Waals surface area contributed by atoms with Crippen molar-refractivity contribution in [2.24, 2.45) is 0 Å². The third kappa shape index (κ3) is 4.06. The van der Waals surface area contributed by atoms with Gasteiger partial charge in [0.05, 0.1) is 11.2 Å². The fraction of sp³-hybridized carbons (Fsp3) is 0.167. The van der Waals surface area contributed by atoms with Gasteiger partial charge in [-0.15, -0.1) is 11.3 Å². The standard InChI is InChI=1S/C30H26N6S/c31-29-28-27(21-9-8-20-10-11-25(34-26(20)17-21)19-5-2-1-3-6-19)35-30(36(28)13-12-32-29)22-15-23(16-22)33-18-24-7-4-14-37-24/h1-14,17,22-23,33H,15-16,18H2,(H2,31,32). The Morgan fingerprint density at radius 1 is 0.946 bits per heavy atom. The zero-order valence-corrected chi connectivity index (χ0v) is 21.0. The maximum atomic E-state index is 6.41. The quantitative estimate of drug-likeness (QED) is 0.280. The Morgan fingerprint density at radius 3 is 2.65 bits per heavy atom. The molecule has 1 aliphatic rings. The molecule has 7 heteroatoms. The van der Waals surface area contributed by atoms with Crippen LogP contribution in [0.3, 0.4) is 0 Å². The predicted molar refractivity (Wildman–Crippen MR) is 150 cm³/mol. The summed E-state index contributed by atoms with van der Waals surface area (Å²) in [5, 5.41) is 6.91.